The number of nitrogens with zero attached hydrogens (tertiary/aromatic N) is 3. The van der Waals surface area contributed by atoms with E-state index in [0.717, 1.165) is 27.3 Å². The van der Waals surface area contributed by atoms with Gasteiger partial charge in [-0.3, -0.25) is 0 Å². The van der Waals surface area contributed by atoms with Crippen LogP contribution in [0.5, 0.6) is 0 Å². The fourth-order valence-corrected chi connectivity index (χ4v) is 6.11. The summed E-state index contributed by atoms with van der Waals surface area (Å²) in [5.74, 6) is 1.50. The van der Waals surface area contributed by atoms with Gasteiger partial charge in [0.2, 0.25) is 0 Å². The van der Waals surface area contributed by atoms with E-state index in [1.54, 1.807) is 12.1 Å². The van der Waals surface area contributed by atoms with Crippen LogP contribution in [0.4, 0.5) is 0 Å². The summed E-state index contributed by atoms with van der Waals surface area (Å²) in [6.07, 6.45) is 0. The maximum absolute atomic E-state index is 8.62. The van der Waals surface area contributed by atoms with E-state index in [2.05, 4.69) is 36.4 Å². The van der Waals surface area contributed by atoms with Crippen LogP contribution >= 0.6 is 0 Å². The molecule has 0 saturated heterocycles. The van der Waals surface area contributed by atoms with Crippen LogP contribution in [-0.2, 0) is 0 Å². The molecule has 0 N–H and O–H groups in total. The largest absolute Gasteiger partial charge is 0.455 e. The maximum Gasteiger partial charge on any atom is 0.164 e. The first-order valence-electron chi connectivity index (χ1n) is 17.1. The summed E-state index contributed by atoms with van der Waals surface area (Å²) in [6, 6.07) is 37.9. The quantitative estimate of drug-likeness (QED) is 0.194. The first kappa shape index (κ1) is 20.7. The fourth-order valence-electron chi connectivity index (χ4n) is 6.11. The van der Waals surface area contributed by atoms with E-state index < -0.39 is 18.1 Å². The van der Waals surface area contributed by atoms with Gasteiger partial charge in [0, 0.05) is 33.0 Å². The molecule has 2 aromatic heterocycles. The summed E-state index contributed by atoms with van der Waals surface area (Å²) in [7, 11) is 0. The topological polar surface area (TPSA) is 51.8 Å². The highest BCUT2D eigenvalue weighted by Gasteiger charge is 2.19. The zero-order valence-corrected chi connectivity index (χ0v) is 23.8. The second-order valence-electron chi connectivity index (χ2n) is 10.9. The van der Waals surface area contributed by atoms with E-state index >= 15 is 0 Å². The lowest BCUT2D eigenvalue weighted by Crippen LogP contribution is -2.00. The molecule has 0 saturated carbocycles. The van der Waals surface area contributed by atoms with Crippen LogP contribution in [0.2, 0.25) is 0 Å². The molecule has 0 aliphatic carbocycles. The molecule has 0 aliphatic heterocycles. The summed E-state index contributed by atoms with van der Waals surface area (Å²) >= 11 is 0. The van der Waals surface area contributed by atoms with Gasteiger partial charge in [0.05, 0.1) is 6.85 Å². The molecule has 0 unspecified atom stereocenters. The number of para-hydroxylation sites is 1. The highest BCUT2D eigenvalue weighted by Crippen LogP contribution is 2.40. The summed E-state index contributed by atoms with van der Waals surface area (Å²) < 4.78 is 48.2. The maximum atomic E-state index is 8.62. The van der Waals surface area contributed by atoms with Crippen molar-refractivity contribution in [3.05, 3.63) is 152 Å². The summed E-state index contributed by atoms with van der Waals surface area (Å²) in [6.45, 7) is 0. The Balaban J connectivity index is 1.28. The summed E-state index contributed by atoms with van der Waals surface area (Å²) in [5.41, 5.74) is 3.86. The van der Waals surface area contributed by atoms with Crippen LogP contribution in [-0.4, -0.2) is 15.0 Å². The van der Waals surface area contributed by atoms with Gasteiger partial charge >= 0.3 is 0 Å². The van der Waals surface area contributed by atoms with Gasteiger partial charge in [-0.25, -0.2) is 15.0 Å². The lowest BCUT2D eigenvalue weighted by molar-refractivity contribution is 0.670. The van der Waals surface area contributed by atoms with Gasteiger partial charge in [0.1, 0.15) is 11.2 Å². The molecule has 0 atom stereocenters. The van der Waals surface area contributed by atoms with Crippen molar-refractivity contribution < 1.29 is 11.3 Å². The number of benzene rings is 7. The predicted molar refractivity (Wildman–Crippen MR) is 184 cm³/mol. The minimum Gasteiger partial charge on any atom is -0.455 e. The molecule has 2 heterocycles. The van der Waals surface area contributed by atoms with Crippen LogP contribution < -0.4 is 0 Å². The number of rotatable bonds is 4. The first-order chi connectivity index (χ1) is 24.4. The Labute approximate surface area is 266 Å². The van der Waals surface area contributed by atoms with Crippen LogP contribution in [0.3, 0.4) is 0 Å². The van der Waals surface area contributed by atoms with Crippen LogP contribution in [0.1, 0.15) is 6.85 Å². The van der Waals surface area contributed by atoms with Gasteiger partial charge in [-0.2, -0.15) is 0 Å². The second kappa shape index (κ2) is 10.2. The molecule has 9 aromatic rings. The van der Waals surface area contributed by atoms with Crippen molar-refractivity contribution in [2.24, 2.45) is 0 Å². The third-order valence-corrected chi connectivity index (χ3v) is 8.20. The van der Waals surface area contributed by atoms with Crippen molar-refractivity contribution in [2.45, 2.75) is 0 Å². The van der Waals surface area contributed by atoms with E-state index in [0.29, 0.717) is 45.2 Å². The molecule has 9 rings (SSSR count). The summed E-state index contributed by atoms with van der Waals surface area (Å²) in [5, 5.41) is 6.04. The molecule has 0 amide bonds. The Kier molecular flexibility index (Phi) is 4.72. The zero-order chi connectivity index (χ0) is 34.1. The van der Waals surface area contributed by atoms with Crippen molar-refractivity contribution in [3.63, 3.8) is 0 Å². The normalized spacial score (nSPS) is 13.1. The number of hydrogen-bond donors (Lipinski definition) is 0. The van der Waals surface area contributed by atoms with E-state index in [4.69, 9.17) is 26.2 Å². The first-order valence-corrected chi connectivity index (χ1v) is 14.6. The van der Waals surface area contributed by atoms with Gasteiger partial charge < -0.3 is 4.42 Å². The number of aromatic nitrogens is 3. The SMILES string of the molecule is [2H]c1c([2H])c([2H])c(-c2cccc3c2oc2cccc(-c4nc(-c5ccccc5)nc(-c5ccc6c(ccc7ccccc76)c5)n4)c23)c([2H])c1[2H]. The van der Waals surface area contributed by atoms with E-state index in [9.17, 15) is 0 Å². The molecule has 0 aliphatic rings. The monoisotopic (exact) mass is 580 g/mol. The van der Waals surface area contributed by atoms with Crippen molar-refractivity contribution in [1.29, 1.82) is 0 Å². The molecule has 210 valence electrons. The predicted octanol–water partition coefficient (Wildman–Crippen LogP) is 10.7. The van der Waals surface area contributed by atoms with E-state index in [1.807, 2.05) is 72.8 Å². The van der Waals surface area contributed by atoms with Crippen molar-refractivity contribution in [2.75, 3.05) is 0 Å². The smallest absolute Gasteiger partial charge is 0.164 e. The van der Waals surface area contributed by atoms with Crippen LogP contribution in [0, 0.1) is 0 Å². The number of fused-ring (bicyclic) bond motifs is 6. The third kappa shape index (κ3) is 4.27. The van der Waals surface area contributed by atoms with Gasteiger partial charge in [-0.15, -0.1) is 0 Å². The molecule has 0 spiro atoms. The third-order valence-electron chi connectivity index (χ3n) is 8.20. The Morgan fingerprint density at radius 2 is 1.16 bits per heavy atom. The van der Waals surface area contributed by atoms with Crippen LogP contribution in [0.15, 0.2) is 156 Å². The van der Waals surface area contributed by atoms with Crippen LogP contribution in [0.25, 0.3) is 88.8 Å². The number of hydrogen-bond acceptors (Lipinski definition) is 4. The van der Waals surface area contributed by atoms with Gasteiger partial charge in [-0.05, 0) is 39.2 Å². The van der Waals surface area contributed by atoms with E-state index in [1.165, 1.54) is 10.8 Å². The molecule has 4 nitrogen and oxygen atoms in total. The average molecular weight is 581 g/mol. The molecular weight excluding hydrogens is 550 g/mol. The molecule has 4 heteroatoms. The lowest BCUT2D eigenvalue weighted by Gasteiger charge is -2.10. The standard InChI is InChI=1S/C41H25N3O/c1-3-11-26(12-4-1)33-17-9-18-34-37-35(19-10-20-36(37)45-38(33)34)41-43-39(28-14-5-2-6-15-28)42-40(44-41)30-23-24-32-29(25-30)22-21-27-13-7-8-16-31(27)32/h1-25H/i1D,3D,4D,11D,12D. The Morgan fingerprint density at radius 1 is 0.467 bits per heavy atom. The second-order valence-corrected chi connectivity index (χ2v) is 10.9. The highest BCUT2D eigenvalue weighted by atomic mass is 16.3. The van der Waals surface area contributed by atoms with Gasteiger partial charge in [0.25, 0.3) is 0 Å². The fraction of sp³-hybridized carbons (Fsp3) is 0. The zero-order valence-electron chi connectivity index (χ0n) is 28.8. The minimum absolute atomic E-state index is 0.0834. The molecular formula is C41H25N3O. The Bertz CT molecular complexity index is 2810. The molecule has 45 heavy (non-hydrogen) atoms. The Hall–Kier alpha value is -6.13. The molecule has 0 bridgehead atoms. The van der Waals surface area contributed by atoms with E-state index in [-0.39, 0.29) is 17.6 Å². The van der Waals surface area contributed by atoms with Crippen molar-refractivity contribution in [3.8, 4) is 45.3 Å². The minimum atomic E-state index is -0.442. The highest BCUT2D eigenvalue weighted by molar-refractivity contribution is 6.15. The Morgan fingerprint density at radius 3 is 2.04 bits per heavy atom. The van der Waals surface area contributed by atoms with Gasteiger partial charge in [-0.1, -0.05) is 139 Å². The van der Waals surface area contributed by atoms with Crippen molar-refractivity contribution in [1.82, 2.24) is 15.0 Å². The average Bonchev–Trinajstić information content (AvgIpc) is 3.56. The number of furan rings is 1. The summed E-state index contributed by atoms with van der Waals surface area (Å²) in [4.78, 5) is 15.0. The molecule has 0 radical (unpaired) electrons. The molecule has 0 fully saturated rings. The van der Waals surface area contributed by atoms with Gasteiger partial charge in [0.15, 0.2) is 17.5 Å². The molecule has 7 aromatic carbocycles. The lowest BCUT2D eigenvalue weighted by atomic mass is 9.99. The van der Waals surface area contributed by atoms with Crippen molar-refractivity contribution >= 4 is 43.5 Å².